The minimum absolute atomic E-state index is 0.0245. The van der Waals surface area contributed by atoms with Crippen LogP contribution in [0.25, 0.3) is 0 Å². The zero-order valence-corrected chi connectivity index (χ0v) is 16.6. The van der Waals surface area contributed by atoms with E-state index in [1.165, 1.54) is 12.1 Å². The third-order valence-corrected chi connectivity index (χ3v) is 7.52. The van der Waals surface area contributed by atoms with Crippen molar-refractivity contribution in [2.75, 3.05) is 26.3 Å². The number of carbonyl (C=O) groups is 2. The van der Waals surface area contributed by atoms with Gasteiger partial charge in [0, 0.05) is 32.4 Å². The predicted octanol–water partition coefficient (Wildman–Crippen LogP) is 1.04. The van der Waals surface area contributed by atoms with E-state index in [0.29, 0.717) is 39.1 Å². The Hall–Kier alpha value is -1.97. The highest BCUT2D eigenvalue weighted by Gasteiger charge is 2.47. The van der Waals surface area contributed by atoms with Gasteiger partial charge in [0.15, 0.2) is 5.79 Å². The van der Waals surface area contributed by atoms with Crippen molar-refractivity contribution in [1.82, 2.24) is 9.21 Å². The highest BCUT2D eigenvalue weighted by atomic mass is 32.2. The molecule has 0 N–H and O–H groups in total. The van der Waals surface area contributed by atoms with E-state index in [-0.39, 0.29) is 23.6 Å². The van der Waals surface area contributed by atoms with Crippen molar-refractivity contribution in [3.05, 3.63) is 29.8 Å². The summed E-state index contributed by atoms with van der Waals surface area (Å²) in [6, 6.07) is 5.30. The Balaban J connectivity index is 1.53. The van der Waals surface area contributed by atoms with Gasteiger partial charge in [-0.15, -0.1) is 0 Å². The summed E-state index contributed by atoms with van der Waals surface area (Å²) in [6.07, 6.45) is 1.34. The maximum atomic E-state index is 13.1. The van der Waals surface area contributed by atoms with Gasteiger partial charge < -0.3 is 14.4 Å². The van der Waals surface area contributed by atoms with Gasteiger partial charge in [0.1, 0.15) is 6.04 Å². The highest BCUT2D eigenvalue weighted by molar-refractivity contribution is 7.89. The minimum Gasteiger partial charge on any atom is -0.347 e. The number of likely N-dealkylation sites (tertiary alicyclic amines) is 1. The molecule has 4 rings (SSSR count). The Bertz CT molecular complexity index is 866. The van der Waals surface area contributed by atoms with E-state index in [2.05, 4.69) is 0 Å². The normalized spacial score (nSPS) is 24.9. The second kappa shape index (κ2) is 7.13. The van der Waals surface area contributed by atoms with E-state index in [1.807, 2.05) is 6.92 Å². The largest absolute Gasteiger partial charge is 0.347 e. The average molecular weight is 408 g/mol. The molecular weight excluding hydrogens is 384 g/mol. The zero-order valence-electron chi connectivity index (χ0n) is 15.8. The molecule has 3 fully saturated rings. The van der Waals surface area contributed by atoms with Gasteiger partial charge in [-0.2, -0.15) is 0 Å². The van der Waals surface area contributed by atoms with Gasteiger partial charge in [-0.05, 0) is 25.5 Å². The maximum Gasteiger partial charge on any atom is 0.267 e. The Morgan fingerprint density at radius 1 is 1.11 bits per heavy atom. The third kappa shape index (κ3) is 3.31. The van der Waals surface area contributed by atoms with Gasteiger partial charge in [0.25, 0.3) is 10.0 Å². The quantitative estimate of drug-likeness (QED) is 0.742. The number of hydrogen-bond acceptors (Lipinski definition) is 6. The fourth-order valence-electron chi connectivity index (χ4n) is 4.07. The lowest BCUT2D eigenvalue weighted by atomic mass is 10.0. The lowest BCUT2D eigenvalue weighted by Gasteiger charge is -2.39. The summed E-state index contributed by atoms with van der Waals surface area (Å²) in [6.45, 7) is 3.79. The molecule has 1 aromatic carbocycles. The molecule has 1 spiro atoms. The van der Waals surface area contributed by atoms with Crippen LogP contribution in [0.15, 0.2) is 29.2 Å². The number of piperidine rings is 1. The predicted molar refractivity (Wildman–Crippen MR) is 98.7 cm³/mol. The van der Waals surface area contributed by atoms with Crippen molar-refractivity contribution in [2.24, 2.45) is 0 Å². The Morgan fingerprint density at radius 3 is 2.32 bits per heavy atom. The molecule has 3 aliphatic heterocycles. The van der Waals surface area contributed by atoms with Gasteiger partial charge in [0.2, 0.25) is 11.8 Å². The van der Waals surface area contributed by atoms with E-state index in [0.717, 1.165) is 9.87 Å². The number of benzene rings is 1. The number of carbonyl (C=O) groups excluding carboxylic acids is 2. The summed E-state index contributed by atoms with van der Waals surface area (Å²) < 4.78 is 38.2. The third-order valence-electron chi connectivity index (χ3n) is 5.67. The number of ether oxygens (including phenoxy) is 2. The van der Waals surface area contributed by atoms with Crippen LogP contribution in [0.3, 0.4) is 0 Å². The number of rotatable bonds is 3. The summed E-state index contributed by atoms with van der Waals surface area (Å²) >= 11 is 0. The molecule has 1 unspecified atom stereocenters. The minimum atomic E-state index is -4.07. The topological polar surface area (TPSA) is 93.2 Å². The molecule has 3 saturated heterocycles. The van der Waals surface area contributed by atoms with E-state index in [1.54, 1.807) is 17.0 Å². The first-order chi connectivity index (χ1) is 13.3. The van der Waals surface area contributed by atoms with Gasteiger partial charge in [0.05, 0.1) is 18.1 Å². The first-order valence-corrected chi connectivity index (χ1v) is 11.0. The smallest absolute Gasteiger partial charge is 0.267 e. The van der Waals surface area contributed by atoms with Crippen molar-refractivity contribution in [1.29, 1.82) is 0 Å². The first-order valence-electron chi connectivity index (χ1n) is 9.53. The van der Waals surface area contributed by atoms with E-state index in [4.69, 9.17) is 9.47 Å². The van der Waals surface area contributed by atoms with Crippen LogP contribution >= 0.6 is 0 Å². The summed E-state index contributed by atoms with van der Waals surface area (Å²) in [5.41, 5.74) is 0.915. The molecule has 3 aliphatic rings. The second-order valence-corrected chi connectivity index (χ2v) is 9.31. The number of amides is 2. The van der Waals surface area contributed by atoms with Crippen LogP contribution in [-0.4, -0.2) is 67.6 Å². The van der Waals surface area contributed by atoms with Crippen molar-refractivity contribution in [3.63, 3.8) is 0 Å². The van der Waals surface area contributed by atoms with Crippen molar-refractivity contribution < 1.29 is 27.5 Å². The van der Waals surface area contributed by atoms with E-state index in [9.17, 15) is 18.0 Å². The lowest BCUT2D eigenvalue weighted by molar-refractivity contribution is -0.188. The summed E-state index contributed by atoms with van der Waals surface area (Å²) in [7, 11) is -4.07. The Labute approximate surface area is 164 Å². The number of hydrogen-bond donors (Lipinski definition) is 0. The molecule has 1 aromatic rings. The van der Waals surface area contributed by atoms with Crippen LogP contribution in [0, 0.1) is 6.92 Å². The molecule has 1 atom stereocenters. The van der Waals surface area contributed by atoms with Crippen LogP contribution in [0.5, 0.6) is 0 Å². The molecule has 0 radical (unpaired) electrons. The van der Waals surface area contributed by atoms with Gasteiger partial charge >= 0.3 is 0 Å². The molecule has 2 amide bonds. The van der Waals surface area contributed by atoms with Crippen LogP contribution in [0.2, 0.25) is 0 Å². The molecular formula is C19H24N2O6S. The number of nitrogens with zero attached hydrogens (tertiary/aromatic N) is 2. The summed E-state index contributed by atoms with van der Waals surface area (Å²) in [5, 5.41) is 0. The second-order valence-electron chi connectivity index (χ2n) is 7.50. The molecule has 28 heavy (non-hydrogen) atoms. The van der Waals surface area contributed by atoms with Crippen LogP contribution in [0.1, 0.15) is 31.2 Å². The van der Waals surface area contributed by atoms with Gasteiger partial charge in [-0.1, -0.05) is 17.7 Å². The van der Waals surface area contributed by atoms with Crippen molar-refractivity contribution in [2.45, 2.75) is 49.3 Å². The summed E-state index contributed by atoms with van der Waals surface area (Å²) in [5.74, 6) is -1.47. The van der Waals surface area contributed by atoms with Crippen molar-refractivity contribution in [3.8, 4) is 0 Å². The zero-order chi connectivity index (χ0) is 19.9. The average Bonchev–Trinajstić information content (AvgIpc) is 3.29. The van der Waals surface area contributed by atoms with E-state index >= 15 is 0 Å². The molecule has 0 aliphatic carbocycles. The molecule has 0 saturated carbocycles. The maximum absolute atomic E-state index is 13.1. The van der Waals surface area contributed by atoms with Crippen molar-refractivity contribution >= 4 is 21.8 Å². The van der Waals surface area contributed by atoms with Crippen LogP contribution in [0.4, 0.5) is 0 Å². The molecule has 0 aromatic heterocycles. The standard InChI is InChI=1S/C19H24N2O6S/c1-14-2-4-15(5-3-14)28(24,25)21-16(6-7-17(21)22)18(23)20-10-8-19(9-11-20)26-12-13-27-19/h2-5,16H,6-13H2,1H3. The number of sulfonamides is 1. The Morgan fingerprint density at radius 2 is 1.71 bits per heavy atom. The molecule has 152 valence electrons. The fraction of sp³-hybridized carbons (Fsp3) is 0.579. The SMILES string of the molecule is Cc1ccc(S(=O)(=O)N2C(=O)CCC2C(=O)N2CCC3(CC2)OCCO3)cc1. The highest BCUT2D eigenvalue weighted by Crippen LogP contribution is 2.33. The monoisotopic (exact) mass is 408 g/mol. The van der Waals surface area contributed by atoms with Crippen LogP contribution in [-0.2, 0) is 29.1 Å². The Kier molecular flexibility index (Phi) is 4.93. The molecule has 9 heteroatoms. The van der Waals surface area contributed by atoms with Crippen LogP contribution < -0.4 is 0 Å². The lowest BCUT2D eigenvalue weighted by Crippen LogP contribution is -2.53. The molecule has 3 heterocycles. The van der Waals surface area contributed by atoms with E-state index < -0.39 is 27.8 Å². The van der Waals surface area contributed by atoms with Gasteiger partial charge in [-0.25, -0.2) is 12.7 Å². The molecule has 0 bridgehead atoms. The molecule has 8 nitrogen and oxygen atoms in total. The fourth-order valence-corrected chi connectivity index (χ4v) is 5.67. The summed E-state index contributed by atoms with van der Waals surface area (Å²) in [4.78, 5) is 27.1. The first kappa shape index (κ1) is 19.4. The number of aryl methyl sites for hydroxylation is 1. The van der Waals surface area contributed by atoms with Gasteiger partial charge in [-0.3, -0.25) is 9.59 Å².